The summed E-state index contributed by atoms with van der Waals surface area (Å²) in [6.07, 6.45) is 0. The number of hydrogen-bond donors (Lipinski definition) is 0. The average Bonchev–Trinajstić information content (AvgIpc) is 2.35. The monoisotopic (exact) mass is 297 g/mol. The molecule has 0 amide bonds. The number of rotatable bonds is 4. The minimum absolute atomic E-state index is 0.467. The molecule has 0 aromatic heterocycles. The topological polar surface area (TPSA) is 63.7 Å². The van der Waals surface area contributed by atoms with Gasteiger partial charge in [0.2, 0.25) is 10.0 Å². The van der Waals surface area contributed by atoms with Crippen LogP contribution in [0.3, 0.4) is 0 Å². The highest BCUT2D eigenvalue weighted by atomic mass is 32.2. The molecule has 1 aromatic carbocycles. The van der Waals surface area contributed by atoms with Crippen molar-refractivity contribution in [2.24, 2.45) is 0 Å². The molecule has 0 heterocycles. The summed E-state index contributed by atoms with van der Waals surface area (Å²) in [5.74, 6) is -6.12. The Hall–Kier alpha value is -1.61. The Morgan fingerprint density at radius 2 is 1.84 bits per heavy atom. The molecule has 0 aliphatic rings. The van der Waals surface area contributed by atoms with Gasteiger partial charge in [-0.2, -0.15) is 4.31 Å². The molecule has 0 spiro atoms. The highest BCUT2D eigenvalue weighted by Crippen LogP contribution is 2.22. The first-order valence-corrected chi connectivity index (χ1v) is 6.32. The second-order valence-corrected chi connectivity index (χ2v) is 5.52. The maximum absolute atomic E-state index is 13.4. The molecule has 0 unspecified atom stereocenters. The number of sulfonamides is 1. The van der Waals surface area contributed by atoms with Gasteiger partial charge in [-0.05, 0) is 12.1 Å². The number of ether oxygens (including phenoxy) is 1. The van der Waals surface area contributed by atoms with E-state index >= 15 is 0 Å². The van der Waals surface area contributed by atoms with Gasteiger partial charge in [0.1, 0.15) is 11.4 Å². The Labute approximate surface area is 107 Å². The molecular weight excluding hydrogens is 287 g/mol. The maximum Gasteiger partial charge on any atom is 0.321 e. The van der Waals surface area contributed by atoms with Gasteiger partial charge in [-0.15, -0.1) is 0 Å². The lowest BCUT2D eigenvalue weighted by molar-refractivity contribution is -0.140. The van der Waals surface area contributed by atoms with E-state index in [4.69, 9.17) is 0 Å². The normalized spacial score (nSPS) is 11.7. The second-order valence-electron chi connectivity index (χ2n) is 3.51. The molecule has 0 aliphatic carbocycles. The highest BCUT2D eigenvalue weighted by molar-refractivity contribution is 7.89. The van der Waals surface area contributed by atoms with E-state index < -0.39 is 44.9 Å². The van der Waals surface area contributed by atoms with Gasteiger partial charge >= 0.3 is 5.97 Å². The fourth-order valence-corrected chi connectivity index (χ4v) is 2.37. The van der Waals surface area contributed by atoms with Crippen molar-refractivity contribution in [3.8, 4) is 0 Å². The second kappa shape index (κ2) is 5.57. The average molecular weight is 297 g/mol. The summed E-state index contributed by atoms with van der Waals surface area (Å²) < 4.78 is 67.5. The Kier molecular flexibility index (Phi) is 4.53. The van der Waals surface area contributed by atoms with E-state index in [0.29, 0.717) is 16.4 Å². The Morgan fingerprint density at radius 3 is 2.37 bits per heavy atom. The number of hydrogen-bond acceptors (Lipinski definition) is 4. The number of halogens is 3. The zero-order chi connectivity index (χ0) is 14.8. The molecule has 0 fully saturated rings. The summed E-state index contributed by atoms with van der Waals surface area (Å²) in [4.78, 5) is 9.89. The summed E-state index contributed by atoms with van der Waals surface area (Å²) in [5.41, 5.74) is 0. The molecule has 0 bridgehead atoms. The predicted molar refractivity (Wildman–Crippen MR) is 58.1 cm³/mol. The van der Waals surface area contributed by atoms with Crippen molar-refractivity contribution in [1.82, 2.24) is 4.31 Å². The van der Waals surface area contributed by atoms with E-state index in [9.17, 15) is 26.4 Å². The van der Waals surface area contributed by atoms with Gasteiger partial charge in [-0.25, -0.2) is 21.6 Å². The third-order valence-electron chi connectivity index (χ3n) is 2.27. The SMILES string of the molecule is COC(=O)CN(C)S(=O)(=O)c1ccc(F)c(F)c1F. The number of esters is 1. The number of likely N-dealkylation sites (N-methyl/N-ethyl adjacent to an activating group) is 1. The molecule has 19 heavy (non-hydrogen) atoms. The van der Waals surface area contributed by atoms with Crippen molar-refractivity contribution >= 4 is 16.0 Å². The molecule has 106 valence electrons. The summed E-state index contributed by atoms with van der Waals surface area (Å²) in [5, 5.41) is 0. The fourth-order valence-electron chi connectivity index (χ4n) is 1.21. The summed E-state index contributed by atoms with van der Waals surface area (Å²) >= 11 is 0. The van der Waals surface area contributed by atoms with Crippen LogP contribution in [0.2, 0.25) is 0 Å². The van der Waals surface area contributed by atoms with Crippen LogP contribution in [-0.2, 0) is 19.6 Å². The quantitative estimate of drug-likeness (QED) is 0.612. The van der Waals surface area contributed by atoms with Crippen molar-refractivity contribution < 1.29 is 31.1 Å². The van der Waals surface area contributed by atoms with Crippen molar-refractivity contribution in [3.05, 3.63) is 29.6 Å². The van der Waals surface area contributed by atoms with E-state index in [2.05, 4.69) is 4.74 Å². The number of carbonyl (C=O) groups is 1. The standard InChI is InChI=1S/C10H10F3NO4S/c1-14(5-8(15)18-2)19(16,17)7-4-3-6(11)9(12)10(7)13/h3-4H,5H2,1-2H3. The number of carbonyl (C=O) groups excluding carboxylic acids is 1. The van der Waals surface area contributed by atoms with Gasteiger partial charge in [-0.1, -0.05) is 0 Å². The lowest BCUT2D eigenvalue weighted by Crippen LogP contribution is -2.33. The zero-order valence-corrected chi connectivity index (χ0v) is 10.8. The molecule has 0 aliphatic heterocycles. The molecule has 0 saturated heterocycles. The molecule has 0 N–H and O–H groups in total. The van der Waals surface area contributed by atoms with Crippen LogP contribution in [0.1, 0.15) is 0 Å². The Morgan fingerprint density at radius 1 is 1.26 bits per heavy atom. The van der Waals surface area contributed by atoms with E-state index in [1.165, 1.54) is 0 Å². The molecule has 5 nitrogen and oxygen atoms in total. The van der Waals surface area contributed by atoms with Crippen molar-refractivity contribution in [1.29, 1.82) is 0 Å². The third-order valence-corrected chi connectivity index (χ3v) is 4.09. The number of nitrogens with zero attached hydrogens (tertiary/aromatic N) is 1. The zero-order valence-electron chi connectivity index (χ0n) is 9.98. The molecule has 0 saturated carbocycles. The number of methoxy groups -OCH3 is 1. The lowest BCUT2D eigenvalue weighted by atomic mass is 10.3. The van der Waals surface area contributed by atoms with E-state index in [1.54, 1.807) is 0 Å². The van der Waals surface area contributed by atoms with Gasteiger partial charge in [0.05, 0.1) is 7.11 Å². The maximum atomic E-state index is 13.4. The van der Waals surface area contributed by atoms with Crippen molar-refractivity contribution in [2.75, 3.05) is 20.7 Å². The first-order valence-electron chi connectivity index (χ1n) is 4.88. The van der Waals surface area contributed by atoms with Crippen LogP contribution in [0, 0.1) is 17.5 Å². The third kappa shape index (κ3) is 3.04. The summed E-state index contributed by atoms with van der Waals surface area (Å²) in [6.45, 7) is -0.683. The molecule has 9 heteroatoms. The minimum Gasteiger partial charge on any atom is -0.468 e. The summed E-state index contributed by atoms with van der Waals surface area (Å²) in [6, 6.07) is 1.06. The van der Waals surface area contributed by atoms with Crippen LogP contribution in [0.15, 0.2) is 17.0 Å². The largest absolute Gasteiger partial charge is 0.468 e. The van der Waals surface area contributed by atoms with Crippen LogP contribution >= 0.6 is 0 Å². The smallest absolute Gasteiger partial charge is 0.321 e. The summed E-state index contributed by atoms with van der Waals surface area (Å²) in [7, 11) is -2.44. The van der Waals surface area contributed by atoms with Crippen molar-refractivity contribution in [2.45, 2.75) is 4.90 Å². The van der Waals surface area contributed by atoms with Gasteiger partial charge in [0, 0.05) is 7.05 Å². The van der Waals surface area contributed by atoms with Crippen LogP contribution in [0.5, 0.6) is 0 Å². The molecule has 0 radical (unpaired) electrons. The molecule has 1 rings (SSSR count). The predicted octanol–water partition coefficient (Wildman–Crippen LogP) is 0.897. The van der Waals surface area contributed by atoms with Gasteiger partial charge < -0.3 is 4.74 Å². The first-order chi connectivity index (χ1) is 8.71. The first kappa shape index (κ1) is 15.4. The van der Waals surface area contributed by atoms with Crippen LogP contribution in [-0.4, -0.2) is 39.4 Å². The van der Waals surface area contributed by atoms with Crippen LogP contribution in [0.4, 0.5) is 13.2 Å². The van der Waals surface area contributed by atoms with Crippen LogP contribution in [0.25, 0.3) is 0 Å². The van der Waals surface area contributed by atoms with Gasteiger partial charge in [0.15, 0.2) is 17.5 Å². The van der Waals surface area contributed by atoms with E-state index in [-0.39, 0.29) is 0 Å². The molecule has 1 aromatic rings. The Balaban J connectivity index is 3.21. The molecular formula is C10H10F3NO4S. The minimum atomic E-state index is -4.46. The van der Waals surface area contributed by atoms with Crippen LogP contribution < -0.4 is 0 Å². The lowest BCUT2D eigenvalue weighted by Gasteiger charge is -2.16. The molecule has 0 atom stereocenters. The van der Waals surface area contributed by atoms with Crippen molar-refractivity contribution in [3.63, 3.8) is 0 Å². The van der Waals surface area contributed by atoms with E-state index in [0.717, 1.165) is 14.2 Å². The van der Waals surface area contributed by atoms with Gasteiger partial charge in [-0.3, -0.25) is 4.79 Å². The number of benzene rings is 1. The van der Waals surface area contributed by atoms with E-state index in [1.807, 2.05) is 0 Å². The Bertz CT molecular complexity index is 603. The fraction of sp³-hybridized carbons (Fsp3) is 0.300. The highest BCUT2D eigenvalue weighted by Gasteiger charge is 2.29. The van der Waals surface area contributed by atoms with Gasteiger partial charge in [0.25, 0.3) is 0 Å².